The molecule has 3 heteroatoms. The number of hydrogen-bond acceptors (Lipinski definition) is 3. The van der Waals surface area contributed by atoms with Crippen molar-refractivity contribution in [1.82, 2.24) is 9.97 Å². The van der Waals surface area contributed by atoms with Crippen molar-refractivity contribution < 1.29 is 0 Å². The predicted octanol–water partition coefficient (Wildman–Crippen LogP) is 12.4. The molecule has 0 saturated carbocycles. The fourth-order valence-corrected chi connectivity index (χ4v) is 7.96. The first-order valence-corrected chi connectivity index (χ1v) is 16.7. The van der Waals surface area contributed by atoms with Crippen LogP contribution in [0.4, 0.5) is 17.1 Å². The van der Waals surface area contributed by atoms with Gasteiger partial charge in [-0.2, -0.15) is 0 Å². The van der Waals surface area contributed by atoms with Crippen molar-refractivity contribution in [2.45, 2.75) is 0 Å². The van der Waals surface area contributed by atoms with Gasteiger partial charge in [-0.05, 0) is 91.0 Å². The Balaban J connectivity index is 1.34. The second kappa shape index (κ2) is 11.0. The van der Waals surface area contributed by atoms with Crippen LogP contribution < -0.4 is 4.90 Å². The van der Waals surface area contributed by atoms with Gasteiger partial charge in [-0.1, -0.05) is 127 Å². The van der Waals surface area contributed by atoms with Crippen LogP contribution in [0.5, 0.6) is 0 Å². The molecule has 0 unspecified atom stereocenters. The molecule has 228 valence electrons. The summed E-state index contributed by atoms with van der Waals surface area (Å²) in [6.45, 7) is 0. The molecule has 0 atom stereocenters. The maximum atomic E-state index is 4.70. The molecule has 2 aromatic heterocycles. The van der Waals surface area contributed by atoms with Crippen molar-refractivity contribution in [2.24, 2.45) is 0 Å². The highest BCUT2D eigenvalue weighted by Gasteiger charge is 2.32. The molecule has 0 saturated heterocycles. The number of hydrogen-bond donors (Lipinski definition) is 0. The van der Waals surface area contributed by atoms with Gasteiger partial charge >= 0.3 is 0 Å². The maximum absolute atomic E-state index is 4.70. The lowest BCUT2D eigenvalue weighted by molar-refractivity contribution is 1.24. The fourth-order valence-electron chi connectivity index (χ4n) is 7.96. The standard InChI is InChI=1S/C46H29N3/c1-3-13-30(14-4-1)42-33-18-7-8-19-34(33)43(31-15-5-2-6-16-31)46-38-24-25-40(36-21-11-22-37(44(36)38)45(42)46)49(32-17-12-27-47-29-32)41-26-28-48-39-23-10-9-20-35(39)41/h1-29H. The Morgan fingerprint density at radius 1 is 0.388 bits per heavy atom. The van der Waals surface area contributed by atoms with Gasteiger partial charge in [0.15, 0.2) is 0 Å². The zero-order valence-electron chi connectivity index (χ0n) is 26.6. The summed E-state index contributed by atoms with van der Waals surface area (Å²) in [6, 6.07) is 56.7. The Morgan fingerprint density at radius 3 is 1.65 bits per heavy atom. The van der Waals surface area contributed by atoms with Crippen molar-refractivity contribution in [3.8, 4) is 44.5 Å². The van der Waals surface area contributed by atoms with E-state index in [-0.39, 0.29) is 0 Å². The normalized spacial score (nSPS) is 11.7. The Labute approximate surface area is 284 Å². The second-order valence-corrected chi connectivity index (χ2v) is 12.5. The third-order valence-electron chi connectivity index (χ3n) is 9.91. The van der Waals surface area contributed by atoms with E-state index in [2.05, 4.69) is 155 Å². The lowest BCUT2D eigenvalue weighted by atomic mass is 9.82. The lowest BCUT2D eigenvalue weighted by Gasteiger charge is -2.28. The molecule has 49 heavy (non-hydrogen) atoms. The summed E-state index contributed by atoms with van der Waals surface area (Å²) < 4.78 is 0. The number of fused-ring (bicyclic) bond motifs is 5. The zero-order valence-corrected chi connectivity index (χ0v) is 26.6. The lowest BCUT2D eigenvalue weighted by Crippen LogP contribution is -2.11. The van der Waals surface area contributed by atoms with E-state index in [1.54, 1.807) is 0 Å². The number of para-hydroxylation sites is 1. The van der Waals surface area contributed by atoms with Gasteiger partial charge in [0, 0.05) is 23.2 Å². The molecule has 1 aliphatic rings. The first-order valence-electron chi connectivity index (χ1n) is 16.7. The maximum Gasteiger partial charge on any atom is 0.0723 e. The van der Waals surface area contributed by atoms with Gasteiger partial charge < -0.3 is 4.90 Å². The quantitative estimate of drug-likeness (QED) is 0.191. The van der Waals surface area contributed by atoms with Crippen LogP contribution in [-0.4, -0.2) is 9.97 Å². The topological polar surface area (TPSA) is 29.0 Å². The van der Waals surface area contributed by atoms with Gasteiger partial charge in [0.2, 0.25) is 0 Å². The van der Waals surface area contributed by atoms with Crippen LogP contribution in [0.15, 0.2) is 176 Å². The van der Waals surface area contributed by atoms with Gasteiger partial charge in [-0.15, -0.1) is 0 Å². The minimum Gasteiger partial charge on any atom is -0.308 e. The third kappa shape index (κ3) is 4.16. The average molecular weight is 624 g/mol. The van der Waals surface area contributed by atoms with E-state index in [0.29, 0.717) is 0 Å². The number of nitrogens with zero attached hydrogens (tertiary/aromatic N) is 3. The minimum absolute atomic E-state index is 0.957. The summed E-state index contributed by atoms with van der Waals surface area (Å²) in [7, 11) is 0. The van der Waals surface area contributed by atoms with Crippen LogP contribution >= 0.6 is 0 Å². The van der Waals surface area contributed by atoms with Crippen molar-refractivity contribution in [3.05, 3.63) is 176 Å². The summed E-state index contributed by atoms with van der Waals surface area (Å²) in [5.74, 6) is 0. The molecule has 0 bridgehead atoms. The monoisotopic (exact) mass is 623 g/mol. The largest absolute Gasteiger partial charge is 0.308 e. The van der Waals surface area contributed by atoms with Crippen LogP contribution in [0.25, 0.3) is 77.0 Å². The summed E-state index contributed by atoms with van der Waals surface area (Å²) in [5, 5.41) is 6.07. The molecular formula is C46H29N3. The zero-order chi connectivity index (χ0) is 32.3. The van der Waals surface area contributed by atoms with Crippen LogP contribution in [-0.2, 0) is 0 Å². The van der Waals surface area contributed by atoms with E-state index in [4.69, 9.17) is 4.98 Å². The Morgan fingerprint density at radius 2 is 0.980 bits per heavy atom. The molecule has 3 nitrogen and oxygen atoms in total. The molecule has 10 rings (SSSR count). The highest BCUT2D eigenvalue weighted by Crippen LogP contribution is 2.59. The third-order valence-corrected chi connectivity index (χ3v) is 9.91. The van der Waals surface area contributed by atoms with Crippen molar-refractivity contribution in [3.63, 3.8) is 0 Å². The van der Waals surface area contributed by atoms with Crippen LogP contribution in [0.1, 0.15) is 0 Å². The molecule has 9 aromatic rings. The van der Waals surface area contributed by atoms with Crippen molar-refractivity contribution >= 4 is 49.5 Å². The van der Waals surface area contributed by atoms with Crippen molar-refractivity contribution in [2.75, 3.05) is 4.90 Å². The van der Waals surface area contributed by atoms with E-state index < -0.39 is 0 Å². The van der Waals surface area contributed by atoms with Crippen molar-refractivity contribution in [1.29, 1.82) is 0 Å². The molecule has 2 heterocycles. The van der Waals surface area contributed by atoms with E-state index in [0.717, 1.165) is 28.0 Å². The number of anilines is 3. The predicted molar refractivity (Wildman–Crippen MR) is 205 cm³/mol. The highest BCUT2D eigenvalue weighted by molar-refractivity contribution is 6.29. The van der Waals surface area contributed by atoms with Gasteiger partial charge in [0.05, 0.1) is 28.8 Å². The molecule has 0 spiro atoms. The summed E-state index contributed by atoms with van der Waals surface area (Å²) in [4.78, 5) is 11.6. The van der Waals surface area contributed by atoms with Gasteiger partial charge in [0.1, 0.15) is 0 Å². The van der Waals surface area contributed by atoms with Crippen LogP contribution in [0.2, 0.25) is 0 Å². The second-order valence-electron chi connectivity index (χ2n) is 12.5. The Hall–Kier alpha value is -6.58. The number of rotatable bonds is 5. The van der Waals surface area contributed by atoms with E-state index >= 15 is 0 Å². The van der Waals surface area contributed by atoms with Gasteiger partial charge in [0.25, 0.3) is 0 Å². The summed E-state index contributed by atoms with van der Waals surface area (Å²) in [6.07, 6.45) is 5.68. The Kier molecular flexibility index (Phi) is 6.18. The van der Waals surface area contributed by atoms with E-state index in [1.165, 1.54) is 66.1 Å². The van der Waals surface area contributed by atoms with Gasteiger partial charge in [-0.25, -0.2) is 0 Å². The minimum atomic E-state index is 0.957. The molecule has 0 radical (unpaired) electrons. The molecule has 0 amide bonds. The van der Waals surface area contributed by atoms with Crippen LogP contribution in [0.3, 0.4) is 0 Å². The Bertz CT molecular complexity index is 2600. The molecular weight excluding hydrogens is 595 g/mol. The van der Waals surface area contributed by atoms with Crippen LogP contribution in [0, 0.1) is 0 Å². The first kappa shape index (κ1) is 27.5. The number of pyridine rings is 2. The molecule has 0 aliphatic heterocycles. The highest BCUT2D eigenvalue weighted by atomic mass is 15.2. The van der Waals surface area contributed by atoms with E-state index in [1.807, 2.05) is 30.7 Å². The fraction of sp³-hybridized carbons (Fsp3) is 0. The smallest absolute Gasteiger partial charge is 0.0723 e. The summed E-state index contributed by atoms with van der Waals surface area (Å²) >= 11 is 0. The number of aromatic nitrogens is 2. The molecule has 0 N–H and O–H groups in total. The van der Waals surface area contributed by atoms with E-state index in [9.17, 15) is 0 Å². The summed E-state index contributed by atoms with van der Waals surface area (Å²) in [5.41, 5.74) is 14.2. The molecule has 0 fully saturated rings. The molecule has 1 aliphatic carbocycles. The SMILES string of the molecule is c1ccc(-c2c3c(c(-c4ccccc4)c4ccccc24)-c2ccc(N(c4cccnc4)c4ccnc5ccccc45)c4cccc-3c24)cc1. The first-order chi connectivity index (χ1) is 24.4. The van der Waals surface area contributed by atoms with Gasteiger partial charge in [-0.3, -0.25) is 9.97 Å². The average Bonchev–Trinajstić information content (AvgIpc) is 3.50. The number of benzene rings is 7. The molecule has 7 aromatic carbocycles.